The molecule has 0 radical (unpaired) electrons. The van der Waals surface area contributed by atoms with Gasteiger partial charge in [0.2, 0.25) is 12.0 Å². The lowest BCUT2D eigenvalue weighted by Crippen LogP contribution is -2.32. The van der Waals surface area contributed by atoms with Crippen molar-refractivity contribution >= 4 is 17.7 Å². The number of isocyanates is 1. The Morgan fingerprint density at radius 3 is 2.63 bits per heavy atom. The Morgan fingerprint density at radius 2 is 2.05 bits per heavy atom. The number of fused-ring (bicyclic) bond motifs is 1. The molecule has 0 aromatic heterocycles. The molecule has 1 saturated carbocycles. The van der Waals surface area contributed by atoms with Crippen molar-refractivity contribution in [3.8, 4) is 0 Å². The van der Waals surface area contributed by atoms with Crippen LogP contribution in [0.25, 0.3) is 0 Å². The van der Waals surface area contributed by atoms with Gasteiger partial charge in [-0.1, -0.05) is 12.1 Å². The van der Waals surface area contributed by atoms with Crippen LogP contribution < -0.4 is 5.32 Å². The molecule has 1 aromatic carbocycles. The number of aliphatic imine (C=N–C) groups is 1. The summed E-state index contributed by atoms with van der Waals surface area (Å²) in [6.07, 6.45) is 4.53. The molecule has 0 unspecified atom stereocenters. The number of amides is 1. The minimum Gasteiger partial charge on any atom is -0.325 e. The van der Waals surface area contributed by atoms with Gasteiger partial charge < -0.3 is 5.32 Å². The monoisotopic (exact) mass is 256 g/mol. The first-order valence-electron chi connectivity index (χ1n) is 6.55. The zero-order chi connectivity index (χ0) is 13.7. The molecule has 1 aromatic rings. The minimum atomic E-state index is -0.527. The van der Waals surface area contributed by atoms with E-state index in [-0.39, 0.29) is 5.91 Å². The Morgan fingerprint density at radius 1 is 1.32 bits per heavy atom. The number of nitrogens with zero attached hydrogens (tertiary/aromatic N) is 1. The second kappa shape index (κ2) is 3.78. The Labute approximate surface area is 111 Å². The van der Waals surface area contributed by atoms with Crippen molar-refractivity contribution in [1.82, 2.24) is 0 Å². The predicted molar refractivity (Wildman–Crippen MR) is 71.7 cm³/mol. The van der Waals surface area contributed by atoms with Gasteiger partial charge in [0.25, 0.3) is 0 Å². The third-order valence-corrected chi connectivity index (χ3v) is 4.49. The van der Waals surface area contributed by atoms with Crippen LogP contribution in [0.15, 0.2) is 23.2 Å². The maximum atomic E-state index is 11.9. The fourth-order valence-corrected chi connectivity index (χ4v) is 2.92. The summed E-state index contributed by atoms with van der Waals surface area (Å²) < 4.78 is 0. The van der Waals surface area contributed by atoms with E-state index in [1.54, 1.807) is 6.08 Å². The van der Waals surface area contributed by atoms with Crippen LogP contribution in [-0.4, -0.2) is 12.0 Å². The van der Waals surface area contributed by atoms with Crippen LogP contribution in [-0.2, 0) is 20.5 Å². The molecular formula is C15H16N2O2. The lowest BCUT2D eigenvalue weighted by molar-refractivity contribution is -0.119. The third-order valence-electron chi connectivity index (χ3n) is 4.49. The Kier molecular flexibility index (Phi) is 2.41. The molecule has 4 heteroatoms. The summed E-state index contributed by atoms with van der Waals surface area (Å²) in [5, 5.41) is 2.89. The molecule has 1 aliphatic heterocycles. The van der Waals surface area contributed by atoms with Crippen LogP contribution in [0.1, 0.15) is 44.2 Å². The van der Waals surface area contributed by atoms with Crippen molar-refractivity contribution in [2.45, 2.75) is 44.1 Å². The highest BCUT2D eigenvalue weighted by atomic mass is 16.2. The van der Waals surface area contributed by atoms with Gasteiger partial charge >= 0.3 is 0 Å². The molecule has 2 aliphatic rings. The second-order valence-corrected chi connectivity index (χ2v) is 5.93. The number of rotatable bonds is 2. The Hall–Kier alpha value is -1.93. The number of hydrogen-bond acceptors (Lipinski definition) is 3. The van der Waals surface area contributed by atoms with E-state index in [4.69, 9.17) is 0 Å². The van der Waals surface area contributed by atoms with Gasteiger partial charge in [0.1, 0.15) is 0 Å². The highest BCUT2D eigenvalue weighted by Crippen LogP contribution is 2.47. The van der Waals surface area contributed by atoms with Gasteiger partial charge in [-0.3, -0.25) is 4.79 Å². The van der Waals surface area contributed by atoms with Crippen molar-refractivity contribution in [3.63, 3.8) is 0 Å². The zero-order valence-corrected chi connectivity index (χ0v) is 11.1. The first-order valence-corrected chi connectivity index (χ1v) is 6.55. The number of nitrogens with one attached hydrogen (secondary N) is 1. The molecule has 3 rings (SSSR count). The van der Waals surface area contributed by atoms with E-state index in [1.165, 1.54) is 0 Å². The summed E-state index contributed by atoms with van der Waals surface area (Å²) in [6.45, 7) is 3.82. The molecule has 4 nitrogen and oxygen atoms in total. The molecule has 1 aliphatic carbocycles. The van der Waals surface area contributed by atoms with Crippen molar-refractivity contribution in [2.24, 2.45) is 4.99 Å². The van der Waals surface area contributed by atoms with E-state index in [2.05, 4.69) is 10.3 Å². The van der Waals surface area contributed by atoms with Gasteiger partial charge in [0, 0.05) is 5.69 Å². The molecule has 19 heavy (non-hydrogen) atoms. The highest BCUT2D eigenvalue weighted by Gasteiger charge is 2.43. The second-order valence-electron chi connectivity index (χ2n) is 5.93. The molecule has 0 bridgehead atoms. The van der Waals surface area contributed by atoms with E-state index in [0.29, 0.717) is 0 Å². The van der Waals surface area contributed by atoms with Crippen molar-refractivity contribution in [1.29, 1.82) is 0 Å². The fraction of sp³-hybridized carbons (Fsp3) is 0.467. The topological polar surface area (TPSA) is 58.5 Å². The summed E-state index contributed by atoms with van der Waals surface area (Å²) in [5.74, 6) is 0.0150. The van der Waals surface area contributed by atoms with Crippen molar-refractivity contribution in [2.75, 3.05) is 5.32 Å². The van der Waals surface area contributed by atoms with Gasteiger partial charge in [-0.2, -0.15) is 4.99 Å². The molecular weight excluding hydrogens is 240 g/mol. The minimum absolute atomic E-state index is 0.0150. The SMILES string of the molecule is CC1(C)C(=O)Nc2ccc(C3(N=C=O)CCC3)cc21. The highest BCUT2D eigenvalue weighted by molar-refractivity contribution is 6.05. The predicted octanol–water partition coefficient (Wildman–Crippen LogP) is 2.63. The molecule has 98 valence electrons. The number of benzene rings is 1. The zero-order valence-electron chi connectivity index (χ0n) is 11.1. The molecule has 0 saturated heterocycles. The Bertz CT molecular complexity index is 609. The van der Waals surface area contributed by atoms with E-state index in [9.17, 15) is 9.59 Å². The van der Waals surface area contributed by atoms with Crippen LogP contribution in [0, 0.1) is 0 Å². The lowest BCUT2D eigenvalue weighted by atomic mass is 9.71. The van der Waals surface area contributed by atoms with Gasteiger partial charge in [-0.15, -0.1) is 0 Å². The first kappa shape index (κ1) is 12.1. The fourth-order valence-electron chi connectivity index (χ4n) is 2.92. The van der Waals surface area contributed by atoms with E-state index < -0.39 is 11.0 Å². The van der Waals surface area contributed by atoms with Crippen LogP contribution in [0.4, 0.5) is 5.69 Å². The lowest BCUT2D eigenvalue weighted by Gasteiger charge is -2.37. The van der Waals surface area contributed by atoms with Crippen LogP contribution in [0.2, 0.25) is 0 Å². The maximum absolute atomic E-state index is 11.9. The third kappa shape index (κ3) is 1.57. The van der Waals surface area contributed by atoms with Crippen LogP contribution in [0.5, 0.6) is 0 Å². The summed E-state index contributed by atoms with van der Waals surface area (Å²) in [5.41, 5.74) is 1.94. The van der Waals surface area contributed by atoms with Crippen molar-refractivity contribution in [3.05, 3.63) is 29.3 Å². The summed E-state index contributed by atoms with van der Waals surface area (Å²) in [7, 11) is 0. The summed E-state index contributed by atoms with van der Waals surface area (Å²) >= 11 is 0. The van der Waals surface area contributed by atoms with E-state index in [0.717, 1.165) is 36.1 Å². The average Bonchev–Trinajstić information content (AvgIpc) is 2.55. The Balaban J connectivity index is 2.11. The number of hydrogen-bond donors (Lipinski definition) is 1. The van der Waals surface area contributed by atoms with Gasteiger partial charge in [0.15, 0.2) is 0 Å². The molecule has 0 spiro atoms. The smallest absolute Gasteiger partial charge is 0.235 e. The molecule has 1 N–H and O–H groups in total. The molecule has 1 amide bonds. The standard InChI is InChI=1S/C15H16N2O2/c1-14(2)11-8-10(4-5-12(11)17-13(14)19)15(16-9-18)6-3-7-15/h4-5,8H,3,6-7H2,1-2H3,(H,17,19). The first-order chi connectivity index (χ1) is 8.99. The number of carbonyl (C=O) groups excluding carboxylic acids is 2. The van der Waals surface area contributed by atoms with Crippen LogP contribution in [0.3, 0.4) is 0 Å². The largest absolute Gasteiger partial charge is 0.325 e. The molecule has 1 fully saturated rings. The molecule has 1 heterocycles. The van der Waals surface area contributed by atoms with E-state index in [1.807, 2.05) is 32.0 Å². The number of carbonyl (C=O) groups is 1. The van der Waals surface area contributed by atoms with E-state index >= 15 is 0 Å². The van der Waals surface area contributed by atoms with Gasteiger partial charge in [-0.25, -0.2) is 4.79 Å². The molecule has 0 atom stereocenters. The summed E-state index contributed by atoms with van der Waals surface area (Å²) in [4.78, 5) is 26.6. The normalized spacial score (nSPS) is 21.9. The quantitative estimate of drug-likeness (QED) is 0.653. The van der Waals surface area contributed by atoms with Crippen molar-refractivity contribution < 1.29 is 9.59 Å². The number of anilines is 1. The van der Waals surface area contributed by atoms with Gasteiger partial charge in [0.05, 0.1) is 11.0 Å². The average molecular weight is 256 g/mol. The summed E-state index contributed by atoms with van der Waals surface area (Å²) in [6, 6.07) is 5.89. The van der Waals surface area contributed by atoms with Crippen LogP contribution >= 0.6 is 0 Å². The maximum Gasteiger partial charge on any atom is 0.235 e. The van der Waals surface area contributed by atoms with Gasteiger partial charge in [-0.05, 0) is 50.3 Å².